The van der Waals surface area contributed by atoms with Gasteiger partial charge in [0, 0.05) is 29.6 Å². The van der Waals surface area contributed by atoms with Crippen molar-refractivity contribution < 1.29 is 0 Å². The minimum atomic E-state index is 0.919. The molecule has 4 aromatic heterocycles. The fraction of sp³-hybridized carbons (Fsp3) is 0.0645. The van der Waals surface area contributed by atoms with E-state index in [1.807, 2.05) is 24.7 Å². The standard InChI is InChI=1S/C31H18N4/c1-2-5-19-17(4-1)14-24-20(19)8-7-18-15-25-21(28(18)24)9-10-26-30(25)34-31-23-6-3-12-33-29(23)22-11-13-32-16-27(22)35(26)31/h1-13,16H,14-15H2. The van der Waals surface area contributed by atoms with E-state index < -0.39 is 0 Å². The van der Waals surface area contributed by atoms with Crippen molar-refractivity contribution in [1.29, 1.82) is 0 Å². The summed E-state index contributed by atoms with van der Waals surface area (Å²) in [7, 11) is 0. The van der Waals surface area contributed by atoms with Crippen LogP contribution < -0.4 is 0 Å². The molecule has 0 amide bonds. The van der Waals surface area contributed by atoms with Gasteiger partial charge in [-0.3, -0.25) is 14.4 Å². The summed E-state index contributed by atoms with van der Waals surface area (Å²) in [6, 6.07) is 24.2. The van der Waals surface area contributed by atoms with Crippen molar-refractivity contribution in [1.82, 2.24) is 19.4 Å². The predicted octanol–water partition coefficient (Wildman–Crippen LogP) is 6.73. The molecule has 7 aromatic rings. The summed E-state index contributed by atoms with van der Waals surface area (Å²) in [4.78, 5) is 14.4. The molecule has 0 aliphatic heterocycles. The first kappa shape index (κ1) is 17.8. The molecule has 0 atom stereocenters. The summed E-state index contributed by atoms with van der Waals surface area (Å²) in [5.74, 6) is 0. The molecule has 2 aliphatic rings. The fourth-order valence-corrected chi connectivity index (χ4v) is 6.54. The molecule has 0 unspecified atom stereocenters. The predicted molar refractivity (Wildman–Crippen MR) is 140 cm³/mol. The third kappa shape index (κ3) is 2.11. The van der Waals surface area contributed by atoms with Gasteiger partial charge in [0.1, 0.15) is 5.65 Å². The van der Waals surface area contributed by atoms with E-state index in [1.165, 1.54) is 44.5 Å². The Hall–Kier alpha value is -4.57. The Bertz CT molecular complexity index is 2070. The van der Waals surface area contributed by atoms with Crippen LogP contribution in [-0.4, -0.2) is 19.4 Å². The number of nitrogens with zero attached hydrogens (tertiary/aromatic N) is 4. The molecule has 0 bridgehead atoms. The number of pyridine rings is 3. The van der Waals surface area contributed by atoms with Crippen LogP contribution >= 0.6 is 0 Å². The van der Waals surface area contributed by atoms with Crippen LogP contribution in [-0.2, 0) is 12.8 Å². The topological polar surface area (TPSA) is 43.1 Å². The van der Waals surface area contributed by atoms with E-state index >= 15 is 0 Å². The van der Waals surface area contributed by atoms with Gasteiger partial charge in [-0.1, -0.05) is 42.5 Å². The summed E-state index contributed by atoms with van der Waals surface area (Å²) in [5.41, 5.74) is 16.4. The van der Waals surface area contributed by atoms with E-state index in [-0.39, 0.29) is 0 Å². The molecular formula is C31H18N4. The third-order valence-corrected chi connectivity index (χ3v) is 7.99. The second-order valence-corrected chi connectivity index (χ2v) is 9.66. The van der Waals surface area contributed by atoms with Crippen LogP contribution in [0.5, 0.6) is 0 Å². The molecule has 35 heavy (non-hydrogen) atoms. The average molecular weight is 447 g/mol. The third-order valence-electron chi connectivity index (χ3n) is 7.99. The Labute approximate surface area is 200 Å². The Morgan fingerprint density at radius 2 is 1.54 bits per heavy atom. The molecular weight excluding hydrogens is 428 g/mol. The largest absolute Gasteiger partial charge is 0.290 e. The van der Waals surface area contributed by atoms with Crippen LogP contribution in [0.2, 0.25) is 0 Å². The molecule has 9 rings (SSSR count). The first-order valence-electron chi connectivity index (χ1n) is 12.0. The van der Waals surface area contributed by atoms with Gasteiger partial charge in [-0.15, -0.1) is 0 Å². The minimum absolute atomic E-state index is 0.919. The van der Waals surface area contributed by atoms with Crippen molar-refractivity contribution in [2.75, 3.05) is 0 Å². The number of rotatable bonds is 0. The maximum atomic E-state index is 5.28. The van der Waals surface area contributed by atoms with Gasteiger partial charge in [0.2, 0.25) is 0 Å². The molecule has 4 heteroatoms. The van der Waals surface area contributed by atoms with Gasteiger partial charge < -0.3 is 0 Å². The maximum Gasteiger partial charge on any atom is 0.148 e. The Balaban J connectivity index is 1.39. The molecule has 0 radical (unpaired) electrons. The van der Waals surface area contributed by atoms with Crippen molar-refractivity contribution in [3.63, 3.8) is 0 Å². The molecule has 0 saturated carbocycles. The lowest BCUT2D eigenvalue weighted by Crippen LogP contribution is -1.93. The highest BCUT2D eigenvalue weighted by Crippen LogP contribution is 2.49. The number of hydrogen-bond donors (Lipinski definition) is 0. The Kier molecular flexibility index (Phi) is 3.11. The van der Waals surface area contributed by atoms with Gasteiger partial charge in [0.05, 0.1) is 28.3 Å². The van der Waals surface area contributed by atoms with Gasteiger partial charge in [-0.05, 0) is 75.2 Å². The molecule has 4 nitrogen and oxygen atoms in total. The highest BCUT2D eigenvalue weighted by molar-refractivity contribution is 6.12. The lowest BCUT2D eigenvalue weighted by atomic mass is 9.95. The zero-order valence-electron chi connectivity index (χ0n) is 18.8. The number of hydrogen-bond acceptors (Lipinski definition) is 3. The zero-order chi connectivity index (χ0) is 22.7. The number of fused-ring (bicyclic) bond motifs is 16. The smallest absolute Gasteiger partial charge is 0.148 e. The second-order valence-electron chi connectivity index (χ2n) is 9.66. The van der Waals surface area contributed by atoms with E-state index in [0.29, 0.717) is 0 Å². The quantitative estimate of drug-likeness (QED) is 0.243. The highest BCUT2D eigenvalue weighted by atomic mass is 15.0. The maximum absolute atomic E-state index is 5.28. The molecule has 0 saturated heterocycles. The van der Waals surface area contributed by atoms with Crippen LogP contribution in [0.4, 0.5) is 0 Å². The van der Waals surface area contributed by atoms with Crippen LogP contribution in [0.15, 0.2) is 85.3 Å². The van der Waals surface area contributed by atoms with Gasteiger partial charge in [0.25, 0.3) is 0 Å². The van der Waals surface area contributed by atoms with Crippen molar-refractivity contribution in [3.8, 4) is 22.3 Å². The summed E-state index contributed by atoms with van der Waals surface area (Å²) >= 11 is 0. The first-order chi connectivity index (χ1) is 17.4. The number of imidazole rings is 1. The lowest BCUT2D eigenvalue weighted by molar-refractivity contribution is 1.24. The summed E-state index contributed by atoms with van der Waals surface area (Å²) < 4.78 is 2.27. The average Bonchev–Trinajstić information content (AvgIpc) is 3.59. The summed E-state index contributed by atoms with van der Waals surface area (Å²) in [6.07, 6.45) is 7.55. The Morgan fingerprint density at radius 1 is 0.629 bits per heavy atom. The summed E-state index contributed by atoms with van der Waals surface area (Å²) in [6.45, 7) is 0. The van der Waals surface area contributed by atoms with Crippen molar-refractivity contribution in [3.05, 3.63) is 108 Å². The lowest BCUT2D eigenvalue weighted by Gasteiger charge is -2.09. The van der Waals surface area contributed by atoms with Gasteiger partial charge >= 0.3 is 0 Å². The van der Waals surface area contributed by atoms with E-state index in [4.69, 9.17) is 9.97 Å². The molecule has 4 heterocycles. The van der Waals surface area contributed by atoms with E-state index in [2.05, 4.69) is 70.0 Å². The van der Waals surface area contributed by atoms with Crippen LogP contribution in [0.1, 0.15) is 22.3 Å². The highest BCUT2D eigenvalue weighted by Gasteiger charge is 2.30. The monoisotopic (exact) mass is 446 g/mol. The van der Waals surface area contributed by atoms with Crippen LogP contribution in [0.3, 0.4) is 0 Å². The molecule has 0 fully saturated rings. The first-order valence-corrected chi connectivity index (χ1v) is 12.0. The minimum Gasteiger partial charge on any atom is -0.290 e. The number of benzene rings is 3. The molecule has 162 valence electrons. The Morgan fingerprint density at radius 3 is 2.54 bits per heavy atom. The fourth-order valence-electron chi connectivity index (χ4n) is 6.54. The van der Waals surface area contributed by atoms with E-state index in [9.17, 15) is 0 Å². The zero-order valence-corrected chi connectivity index (χ0v) is 18.8. The van der Waals surface area contributed by atoms with E-state index in [1.54, 1.807) is 0 Å². The van der Waals surface area contributed by atoms with Crippen LogP contribution in [0, 0.1) is 0 Å². The van der Waals surface area contributed by atoms with Crippen molar-refractivity contribution in [2.45, 2.75) is 12.8 Å². The SMILES string of the molecule is c1ccc2c(c1)Cc1c-2ccc2c1-c1ccc3c(nc4c5cccnc5c5ccncc5n34)c1C2. The molecule has 0 N–H and O–H groups in total. The number of aromatic nitrogens is 4. The van der Waals surface area contributed by atoms with Gasteiger partial charge in [0.15, 0.2) is 0 Å². The summed E-state index contributed by atoms with van der Waals surface area (Å²) in [5, 5.41) is 2.17. The van der Waals surface area contributed by atoms with Crippen molar-refractivity contribution >= 4 is 38.5 Å². The van der Waals surface area contributed by atoms with E-state index in [0.717, 1.165) is 51.3 Å². The second kappa shape index (κ2) is 6.10. The van der Waals surface area contributed by atoms with Crippen molar-refractivity contribution in [2.24, 2.45) is 0 Å². The molecule has 2 aliphatic carbocycles. The van der Waals surface area contributed by atoms with Gasteiger partial charge in [-0.2, -0.15) is 0 Å². The molecule has 3 aromatic carbocycles. The van der Waals surface area contributed by atoms with Crippen LogP contribution in [0.25, 0.3) is 60.7 Å². The normalized spacial score (nSPS) is 13.5. The van der Waals surface area contributed by atoms with Gasteiger partial charge in [-0.25, -0.2) is 4.98 Å². The molecule has 0 spiro atoms.